The van der Waals surface area contributed by atoms with Gasteiger partial charge in [-0.15, -0.1) is 0 Å². The lowest BCUT2D eigenvalue weighted by atomic mass is 9.47. The standard InChI is InChI=1S/C51H90O2/c1-7-8-9-10-11-12-13-14-15-16-17-18-19-20-21-22-23-24-25-26-27-31-49(52)53-44-36-38-50(5)43(40-44)32-33-45-47-35-34-46(42(4)30-28-29-41(2)3)51(47,6)39-37-48(45)50/h14-15,32,41-42,44-48H,7-13,16-31,33-40H2,1-6H3/b15-14+/t42-,44-,45+,46-,47+,48+,50-,51+/m0/s1. The minimum atomic E-state index is 0.0640. The summed E-state index contributed by atoms with van der Waals surface area (Å²) in [5, 5.41) is 0. The number of hydrogen-bond donors (Lipinski definition) is 0. The summed E-state index contributed by atoms with van der Waals surface area (Å²) in [6.45, 7) is 15.0. The zero-order valence-corrected chi connectivity index (χ0v) is 36.5. The summed E-state index contributed by atoms with van der Waals surface area (Å²) in [5.41, 5.74) is 2.53. The van der Waals surface area contributed by atoms with Crippen molar-refractivity contribution in [3.05, 3.63) is 23.8 Å². The molecule has 0 aliphatic heterocycles. The topological polar surface area (TPSA) is 26.3 Å². The van der Waals surface area contributed by atoms with Crippen LogP contribution in [0, 0.1) is 46.3 Å². The summed E-state index contributed by atoms with van der Waals surface area (Å²) in [4.78, 5) is 12.9. The van der Waals surface area contributed by atoms with E-state index in [2.05, 4.69) is 59.8 Å². The normalized spacial score (nSPS) is 30.2. The summed E-state index contributed by atoms with van der Waals surface area (Å²) in [6, 6.07) is 0. The van der Waals surface area contributed by atoms with Crippen molar-refractivity contribution in [3.8, 4) is 0 Å². The molecule has 2 heteroatoms. The minimum absolute atomic E-state index is 0.0640. The second kappa shape index (κ2) is 23.9. The number of unbranched alkanes of at least 4 members (excludes halogenated alkanes) is 17. The molecule has 4 aliphatic rings. The van der Waals surface area contributed by atoms with Gasteiger partial charge < -0.3 is 4.74 Å². The number of allylic oxidation sites excluding steroid dienone is 3. The van der Waals surface area contributed by atoms with E-state index < -0.39 is 0 Å². The van der Waals surface area contributed by atoms with Crippen molar-refractivity contribution < 1.29 is 9.53 Å². The third-order valence-corrected chi connectivity index (χ3v) is 15.7. The van der Waals surface area contributed by atoms with Crippen LogP contribution in [0.4, 0.5) is 0 Å². The SMILES string of the molecule is CCCCCCCC/C=C/CCCCCCCCCCCCCC(=O)O[C@H]1CC[C@@]2(C)C(=CC[C@@H]3[C@H]4CC[C@@H]([C@@H](C)CCCC(C)C)[C@@]4(C)CC[C@H]32)C1. The highest BCUT2D eigenvalue weighted by molar-refractivity contribution is 5.69. The Balaban J connectivity index is 1.01. The number of esters is 1. The third kappa shape index (κ3) is 13.8. The Morgan fingerprint density at radius 1 is 0.717 bits per heavy atom. The van der Waals surface area contributed by atoms with E-state index in [1.165, 1.54) is 173 Å². The largest absolute Gasteiger partial charge is 0.462 e. The molecule has 2 nitrogen and oxygen atoms in total. The second-order valence-electron chi connectivity index (χ2n) is 20.1. The van der Waals surface area contributed by atoms with Crippen LogP contribution >= 0.6 is 0 Å². The molecule has 3 saturated carbocycles. The molecule has 0 aromatic heterocycles. The van der Waals surface area contributed by atoms with Gasteiger partial charge in [0.15, 0.2) is 0 Å². The molecular weight excluding hydrogens is 645 g/mol. The fourth-order valence-electron chi connectivity index (χ4n) is 12.4. The number of carbonyl (C=O) groups is 1. The fraction of sp³-hybridized carbons (Fsp3) is 0.902. The first-order valence-electron chi connectivity index (χ1n) is 24.2. The molecule has 0 N–H and O–H groups in total. The van der Waals surface area contributed by atoms with E-state index >= 15 is 0 Å². The van der Waals surface area contributed by atoms with Crippen LogP contribution in [0.1, 0.15) is 241 Å². The van der Waals surface area contributed by atoms with Crippen LogP contribution in [0.5, 0.6) is 0 Å². The van der Waals surface area contributed by atoms with Crippen molar-refractivity contribution in [2.24, 2.45) is 46.3 Å². The van der Waals surface area contributed by atoms with Crippen LogP contribution in [0.2, 0.25) is 0 Å². The molecule has 53 heavy (non-hydrogen) atoms. The quantitative estimate of drug-likeness (QED) is 0.0477. The molecule has 0 aromatic carbocycles. The van der Waals surface area contributed by atoms with Gasteiger partial charge in [0.2, 0.25) is 0 Å². The molecule has 3 fully saturated rings. The van der Waals surface area contributed by atoms with Gasteiger partial charge in [0.05, 0.1) is 0 Å². The molecule has 0 radical (unpaired) electrons. The minimum Gasteiger partial charge on any atom is -0.462 e. The van der Waals surface area contributed by atoms with Crippen LogP contribution in [0.3, 0.4) is 0 Å². The summed E-state index contributed by atoms with van der Waals surface area (Å²) in [5.74, 6) is 5.33. The number of carbonyl (C=O) groups excluding carboxylic acids is 1. The first kappa shape index (κ1) is 44.7. The Bertz CT molecular complexity index is 1070. The van der Waals surface area contributed by atoms with Crippen LogP contribution in [0.15, 0.2) is 23.8 Å². The van der Waals surface area contributed by atoms with Crippen molar-refractivity contribution >= 4 is 5.97 Å². The summed E-state index contributed by atoms with van der Waals surface area (Å²) >= 11 is 0. The van der Waals surface area contributed by atoms with Crippen LogP contribution in [-0.4, -0.2) is 12.1 Å². The van der Waals surface area contributed by atoms with E-state index in [4.69, 9.17) is 4.74 Å². The highest BCUT2D eigenvalue weighted by atomic mass is 16.5. The molecule has 306 valence electrons. The molecule has 0 bridgehead atoms. The van der Waals surface area contributed by atoms with Crippen molar-refractivity contribution in [2.45, 2.75) is 247 Å². The van der Waals surface area contributed by atoms with Gasteiger partial charge in [0.1, 0.15) is 6.10 Å². The maximum atomic E-state index is 12.9. The van der Waals surface area contributed by atoms with E-state index in [1.807, 2.05) is 0 Å². The summed E-state index contributed by atoms with van der Waals surface area (Å²) in [7, 11) is 0. The van der Waals surface area contributed by atoms with Gasteiger partial charge in [0.25, 0.3) is 0 Å². The Morgan fingerprint density at radius 2 is 1.32 bits per heavy atom. The molecule has 0 heterocycles. The van der Waals surface area contributed by atoms with Crippen LogP contribution in [0.25, 0.3) is 0 Å². The molecule has 4 rings (SSSR count). The highest BCUT2D eigenvalue weighted by Gasteiger charge is 2.59. The highest BCUT2D eigenvalue weighted by Crippen LogP contribution is 2.67. The van der Waals surface area contributed by atoms with Crippen LogP contribution in [-0.2, 0) is 9.53 Å². The average molecular weight is 735 g/mol. The first-order valence-corrected chi connectivity index (χ1v) is 24.2. The number of hydrogen-bond acceptors (Lipinski definition) is 2. The predicted molar refractivity (Wildman–Crippen MR) is 230 cm³/mol. The number of ether oxygens (including phenoxy) is 1. The lowest BCUT2D eigenvalue weighted by molar-refractivity contribution is -0.151. The van der Waals surface area contributed by atoms with Gasteiger partial charge in [-0.2, -0.15) is 0 Å². The summed E-state index contributed by atoms with van der Waals surface area (Å²) < 4.78 is 6.15. The lowest BCUT2D eigenvalue weighted by Crippen LogP contribution is -2.51. The zero-order valence-electron chi connectivity index (χ0n) is 36.5. The molecular formula is C51H90O2. The van der Waals surface area contributed by atoms with Crippen molar-refractivity contribution in [1.29, 1.82) is 0 Å². The maximum Gasteiger partial charge on any atom is 0.306 e. The number of fused-ring (bicyclic) bond motifs is 5. The van der Waals surface area contributed by atoms with Gasteiger partial charge >= 0.3 is 5.97 Å². The maximum absolute atomic E-state index is 12.9. The van der Waals surface area contributed by atoms with E-state index in [1.54, 1.807) is 5.57 Å². The molecule has 4 aliphatic carbocycles. The van der Waals surface area contributed by atoms with Crippen molar-refractivity contribution in [1.82, 2.24) is 0 Å². The van der Waals surface area contributed by atoms with Crippen molar-refractivity contribution in [3.63, 3.8) is 0 Å². The van der Waals surface area contributed by atoms with Crippen LogP contribution < -0.4 is 0 Å². The smallest absolute Gasteiger partial charge is 0.306 e. The Labute approximate surface area is 331 Å². The first-order chi connectivity index (χ1) is 25.7. The Morgan fingerprint density at radius 3 is 1.94 bits per heavy atom. The number of rotatable bonds is 27. The van der Waals surface area contributed by atoms with Gasteiger partial charge in [-0.05, 0) is 123 Å². The van der Waals surface area contributed by atoms with Gasteiger partial charge in [-0.1, -0.05) is 174 Å². The van der Waals surface area contributed by atoms with Crippen molar-refractivity contribution in [2.75, 3.05) is 0 Å². The fourth-order valence-corrected chi connectivity index (χ4v) is 12.4. The lowest BCUT2D eigenvalue weighted by Gasteiger charge is -2.58. The van der Waals surface area contributed by atoms with Gasteiger partial charge in [0, 0.05) is 12.8 Å². The van der Waals surface area contributed by atoms with Gasteiger partial charge in [-0.25, -0.2) is 0 Å². The second-order valence-corrected chi connectivity index (χ2v) is 20.1. The van der Waals surface area contributed by atoms with E-state index in [9.17, 15) is 4.79 Å². The van der Waals surface area contributed by atoms with E-state index in [-0.39, 0.29) is 12.1 Å². The van der Waals surface area contributed by atoms with Gasteiger partial charge in [-0.3, -0.25) is 4.79 Å². The molecule has 0 amide bonds. The van der Waals surface area contributed by atoms with E-state index in [0.717, 1.165) is 54.8 Å². The van der Waals surface area contributed by atoms with E-state index in [0.29, 0.717) is 17.3 Å². The Kier molecular flexibility index (Phi) is 20.1. The predicted octanol–water partition coefficient (Wildman–Crippen LogP) is 16.3. The molecule has 8 atom stereocenters. The Hall–Kier alpha value is -1.05. The monoisotopic (exact) mass is 735 g/mol. The molecule has 0 aromatic rings. The summed E-state index contributed by atoms with van der Waals surface area (Å²) in [6.07, 6.45) is 48.3. The average Bonchev–Trinajstić information content (AvgIpc) is 3.49. The molecule has 0 saturated heterocycles. The third-order valence-electron chi connectivity index (χ3n) is 15.7. The zero-order chi connectivity index (χ0) is 37.9. The molecule has 0 unspecified atom stereocenters. The molecule has 0 spiro atoms.